The highest BCUT2D eigenvalue weighted by Crippen LogP contribution is 2.30. The van der Waals surface area contributed by atoms with Crippen molar-refractivity contribution < 1.29 is 4.79 Å². The van der Waals surface area contributed by atoms with Crippen LogP contribution in [-0.4, -0.2) is 36.5 Å². The molecule has 0 spiro atoms. The van der Waals surface area contributed by atoms with Crippen molar-refractivity contribution in [3.8, 4) is 0 Å². The van der Waals surface area contributed by atoms with Crippen molar-refractivity contribution in [1.29, 1.82) is 0 Å². The molecule has 0 bridgehead atoms. The highest BCUT2D eigenvalue weighted by molar-refractivity contribution is 5.76. The van der Waals surface area contributed by atoms with Gasteiger partial charge < -0.3 is 10.2 Å². The van der Waals surface area contributed by atoms with Gasteiger partial charge >= 0.3 is 0 Å². The van der Waals surface area contributed by atoms with Crippen molar-refractivity contribution in [3.63, 3.8) is 0 Å². The van der Waals surface area contributed by atoms with Gasteiger partial charge in [0.05, 0.1) is 0 Å². The molecule has 0 aromatic rings. The fourth-order valence-corrected chi connectivity index (χ4v) is 3.01. The predicted octanol–water partition coefficient (Wildman–Crippen LogP) is 2.56. The molecule has 1 saturated carbocycles. The summed E-state index contributed by atoms with van der Waals surface area (Å²) in [5.41, 5.74) is 0. The molecule has 104 valence electrons. The Labute approximate surface area is 111 Å². The Hall–Kier alpha value is -0.570. The summed E-state index contributed by atoms with van der Waals surface area (Å²) in [5, 5.41) is 3.55. The van der Waals surface area contributed by atoms with Gasteiger partial charge in [-0.15, -0.1) is 0 Å². The average Bonchev–Trinajstić information content (AvgIpc) is 2.34. The second kappa shape index (κ2) is 7.13. The summed E-state index contributed by atoms with van der Waals surface area (Å²) in [6, 6.07) is 0.538. The van der Waals surface area contributed by atoms with E-state index in [0.29, 0.717) is 17.9 Å². The van der Waals surface area contributed by atoms with E-state index in [1.54, 1.807) is 0 Å². The summed E-state index contributed by atoms with van der Waals surface area (Å²) in [5.74, 6) is 1.09. The molecule has 2 fully saturated rings. The molecule has 1 atom stereocenters. The van der Waals surface area contributed by atoms with Crippen molar-refractivity contribution in [2.75, 3.05) is 19.6 Å². The van der Waals surface area contributed by atoms with E-state index in [9.17, 15) is 4.79 Å². The quantitative estimate of drug-likeness (QED) is 0.788. The van der Waals surface area contributed by atoms with Crippen molar-refractivity contribution in [2.45, 2.75) is 64.3 Å². The van der Waals surface area contributed by atoms with Gasteiger partial charge in [0.25, 0.3) is 0 Å². The first-order valence-electron chi connectivity index (χ1n) is 7.80. The number of nitrogens with zero attached hydrogens (tertiary/aromatic N) is 1. The average molecular weight is 252 g/mol. The lowest BCUT2D eigenvalue weighted by Crippen LogP contribution is -2.46. The molecule has 1 saturated heterocycles. The van der Waals surface area contributed by atoms with Gasteiger partial charge in [0.1, 0.15) is 0 Å². The second-order valence-electron chi connectivity index (χ2n) is 5.99. The molecule has 0 radical (unpaired) electrons. The maximum Gasteiger partial charge on any atom is 0.222 e. The highest BCUT2D eigenvalue weighted by Gasteiger charge is 2.25. The zero-order valence-electron chi connectivity index (χ0n) is 11.8. The van der Waals surface area contributed by atoms with E-state index >= 15 is 0 Å². The van der Waals surface area contributed by atoms with Crippen LogP contribution in [0.2, 0.25) is 0 Å². The lowest BCUT2D eigenvalue weighted by atomic mass is 9.82. The number of nitrogens with one attached hydrogen (secondary N) is 1. The summed E-state index contributed by atoms with van der Waals surface area (Å²) in [7, 11) is 0. The Balaban J connectivity index is 1.79. The third-order valence-corrected chi connectivity index (χ3v) is 4.39. The van der Waals surface area contributed by atoms with Crippen LogP contribution in [0.25, 0.3) is 0 Å². The Morgan fingerprint density at radius 2 is 2.06 bits per heavy atom. The Kier molecular flexibility index (Phi) is 5.48. The van der Waals surface area contributed by atoms with E-state index in [1.807, 2.05) is 0 Å². The number of carbonyl (C=O) groups excluding carboxylic acids is 1. The molecule has 1 heterocycles. The standard InChI is InChI=1S/C15H28N2O/c1-2-10-17(12-14-8-3-4-9-16-14)15(18)11-13-6-5-7-13/h13-14,16H,2-12H2,1H3. The smallest absolute Gasteiger partial charge is 0.222 e. The molecule has 1 aliphatic heterocycles. The third kappa shape index (κ3) is 3.98. The molecular weight excluding hydrogens is 224 g/mol. The van der Waals surface area contributed by atoms with Crippen LogP contribution in [0.4, 0.5) is 0 Å². The van der Waals surface area contributed by atoms with Gasteiger partial charge in [-0.2, -0.15) is 0 Å². The minimum absolute atomic E-state index is 0.397. The number of amides is 1. The lowest BCUT2D eigenvalue weighted by molar-refractivity contribution is -0.133. The number of hydrogen-bond donors (Lipinski definition) is 1. The first-order chi connectivity index (χ1) is 8.79. The SMILES string of the molecule is CCCN(CC1CCCCN1)C(=O)CC1CCC1. The molecule has 3 heteroatoms. The largest absolute Gasteiger partial charge is 0.341 e. The predicted molar refractivity (Wildman–Crippen MR) is 74.5 cm³/mol. The third-order valence-electron chi connectivity index (χ3n) is 4.39. The van der Waals surface area contributed by atoms with Crippen LogP contribution in [0, 0.1) is 5.92 Å². The van der Waals surface area contributed by atoms with E-state index in [-0.39, 0.29) is 0 Å². The number of rotatable bonds is 6. The van der Waals surface area contributed by atoms with Crippen LogP contribution in [0.15, 0.2) is 0 Å². The molecular formula is C15H28N2O. The molecule has 0 aromatic carbocycles. The van der Waals surface area contributed by atoms with Crippen molar-refractivity contribution in [1.82, 2.24) is 10.2 Å². The molecule has 0 aromatic heterocycles. The van der Waals surface area contributed by atoms with Crippen LogP contribution in [0.5, 0.6) is 0 Å². The molecule has 2 aliphatic rings. The second-order valence-corrected chi connectivity index (χ2v) is 5.99. The van der Waals surface area contributed by atoms with Gasteiger partial charge in [-0.25, -0.2) is 0 Å². The van der Waals surface area contributed by atoms with Gasteiger partial charge in [-0.1, -0.05) is 19.8 Å². The minimum Gasteiger partial charge on any atom is -0.341 e. The summed E-state index contributed by atoms with van der Waals surface area (Å²) in [6.45, 7) is 5.16. The van der Waals surface area contributed by atoms with E-state index < -0.39 is 0 Å². The maximum atomic E-state index is 12.3. The summed E-state index contributed by atoms with van der Waals surface area (Å²) >= 11 is 0. The Morgan fingerprint density at radius 3 is 2.61 bits per heavy atom. The van der Waals surface area contributed by atoms with E-state index in [2.05, 4.69) is 17.1 Å². The Morgan fingerprint density at radius 1 is 1.22 bits per heavy atom. The fourth-order valence-electron chi connectivity index (χ4n) is 3.01. The summed E-state index contributed by atoms with van der Waals surface area (Å²) in [4.78, 5) is 14.4. The van der Waals surface area contributed by atoms with Gasteiger partial charge in [0, 0.05) is 25.6 Å². The van der Waals surface area contributed by atoms with E-state index in [1.165, 1.54) is 38.5 Å². The molecule has 18 heavy (non-hydrogen) atoms. The van der Waals surface area contributed by atoms with Crippen LogP contribution in [0.3, 0.4) is 0 Å². The van der Waals surface area contributed by atoms with Gasteiger partial charge in [-0.3, -0.25) is 4.79 Å². The molecule has 2 rings (SSSR count). The van der Waals surface area contributed by atoms with Crippen LogP contribution >= 0.6 is 0 Å². The topological polar surface area (TPSA) is 32.3 Å². The first-order valence-corrected chi connectivity index (χ1v) is 7.80. The molecule has 1 amide bonds. The summed E-state index contributed by atoms with van der Waals surface area (Å²) < 4.78 is 0. The summed E-state index contributed by atoms with van der Waals surface area (Å²) in [6.07, 6.45) is 9.58. The van der Waals surface area contributed by atoms with Gasteiger partial charge in [0.2, 0.25) is 5.91 Å². The van der Waals surface area contributed by atoms with Gasteiger partial charge in [-0.05, 0) is 44.6 Å². The lowest BCUT2D eigenvalue weighted by Gasteiger charge is -2.33. The van der Waals surface area contributed by atoms with Gasteiger partial charge in [0.15, 0.2) is 0 Å². The van der Waals surface area contributed by atoms with E-state index in [0.717, 1.165) is 32.5 Å². The van der Waals surface area contributed by atoms with E-state index in [4.69, 9.17) is 0 Å². The highest BCUT2D eigenvalue weighted by atomic mass is 16.2. The number of carbonyl (C=O) groups is 1. The monoisotopic (exact) mass is 252 g/mol. The first kappa shape index (κ1) is 13.9. The zero-order valence-corrected chi connectivity index (χ0v) is 11.8. The van der Waals surface area contributed by atoms with Crippen molar-refractivity contribution in [2.24, 2.45) is 5.92 Å². The number of piperidine rings is 1. The minimum atomic E-state index is 0.397. The Bertz CT molecular complexity index is 257. The molecule has 3 nitrogen and oxygen atoms in total. The fraction of sp³-hybridized carbons (Fsp3) is 0.933. The van der Waals surface area contributed by atoms with Crippen molar-refractivity contribution >= 4 is 5.91 Å². The maximum absolute atomic E-state index is 12.3. The normalized spacial score (nSPS) is 24.6. The zero-order chi connectivity index (χ0) is 12.8. The molecule has 1 unspecified atom stereocenters. The van der Waals surface area contributed by atoms with Crippen LogP contribution in [-0.2, 0) is 4.79 Å². The number of hydrogen-bond acceptors (Lipinski definition) is 2. The van der Waals surface area contributed by atoms with Crippen LogP contribution in [0.1, 0.15) is 58.3 Å². The molecule has 1 N–H and O–H groups in total. The van der Waals surface area contributed by atoms with Crippen molar-refractivity contribution in [3.05, 3.63) is 0 Å². The van der Waals surface area contributed by atoms with Crippen LogP contribution < -0.4 is 5.32 Å². The molecule has 1 aliphatic carbocycles.